The average Bonchev–Trinajstić information content (AvgIpc) is 2.68. The number of ether oxygens (including phenoxy) is 1. The van der Waals surface area contributed by atoms with Crippen molar-refractivity contribution in [2.45, 2.75) is 19.3 Å². The van der Waals surface area contributed by atoms with E-state index in [4.69, 9.17) is 4.74 Å². The monoisotopic (exact) mass is 426 g/mol. The van der Waals surface area contributed by atoms with Gasteiger partial charge >= 0.3 is 6.18 Å². The Labute approximate surface area is 173 Å². The summed E-state index contributed by atoms with van der Waals surface area (Å²) in [6.45, 7) is 1.61. The second kappa shape index (κ2) is 10.8. The van der Waals surface area contributed by atoms with Crippen LogP contribution in [0.1, 0.15) is 16.7 Å². The highest BCUT2D eigenvalue weighted by Gasteiger charge is 2.33. The predicted octanol–water partition coefficient (Wildman–Crippen LogP) is 3.65. The van der Waals surface area contributed by atoms with Gasteiger partial charge in [0.05, 0.1) is 5.56 Å². The molecule has 0 bridgehead atoms. The van der Waals surface area contributed by atoms with Gasteiger partial charge in [0.25, 0.3) is 0 Å². The Balaban J connectivity index is 1.94. The van der Waals surface area contributed by atoms with Crippen molar-refractivity contribution >= 4 is 5.96 Å². The van der Waals surface area contributed by atoms with Crippen LogP contribution in [0.5, 0.6) is 5.75 Å². The van der Waals surface area contributed by atoms with Crippen molar-refractivity contribution in [2.24, 2.45) is 4.99 Å². The number of benzene rings is 2. The maximum atomic E-state index is 13.2. The first-order chi connectivity index (χ1) is 14.2. The Hall–Kier alpha value is -2.81. The summed E-state index contributed by atoms with van der Waals surface area (Å²) < 4.78 is 58.3. The zero-order chi connectivity index (χ0) is 22.1. The van der Waals surface area contributed by atoms with Gasteiger partial charge in [-0.1, -0.05) is 18.2 Å². The minimum atomic E-state index is -4.64. The fraction of sp³-hybridized carbons (Fsp3) is 0.381. The van der Waals surface area contributed by atoms with Crippen LogP contribution in [0.15, 0.2) is 47.5 Å². The third-order valence-electron chi connectivity index (χ3n) is 4.21. The quantitative estimate of drug-likeness (QED) is 0.384. The molecule has 0 heterocycles. The molecule has 164 valence electrons. The third kappa shape index (κ3) is 7.55. The summed E-state index contributed by atoms with van der Waals surface area (Å²) in [5, 5.41) is 5.88. The Bertz CT molecular complexity index is 853. The van der Waals surface area contributed by atoms with E-state index in [0.717, 1.165) is 30.0 Å². The lowest BCUT2D eigenvalue weighted by Gasteiger charge is -2.16. The summed E-state index contributed by atoms with van der Waals surface area (Å²) in [7, 11) is 5.45. The molecular formula is C21H26F4N4O. The molecule has 0 aliphatic rings. The number of nitrogens with zero attached hydrogens (tertiary/aromatic N) is 2. The van der Waals surface area contributed by atoms with Gasteiger partial charge in [-0.15, -0.1) is 0 Å². The zero-order valence-electron chi connectivity index (χ0n) is 17.2. The first-order valence-corrected chi connectivity index (χ1v) is 9.35. The van der Waals surface area contributed by atoms with Crippen molar-refractivity contribution < 1.29 is 22.3 Å². The lowest BCUT2D eigenvalue weighted by molar-refractivity contribution is -0.138. The van der Waals surface area contributed by atoms with E-state index >= 15 is 0 Å². The normalized spacial score (nSPS) is 12.2. The number of hydrogen-bond donors (Lipinski definition) is 2. The van der Waals surface area contributed by atoms with Gasteiger partial charge in [-0.2, -0.15) is 13.2 Å². The van der Waals surface area contributed by atoms with Crippen LogP contribution in [-0.2, 0) is 19.3 Å². The molecule has 0 atom stereocenters. The van der Waals surface area contributed by atoms with E-state index < -0.39 is 17.6 Å². The third-order valence-corrected chi connectivity index (χ3v) is 4.21. The van der Waals surface area contributed by atoms with Crippen molar-refractivity contribution in [3.8, 4) is 5.75 Å². The number of alkyl halides is 3. The Morgan fingerprint density at radius 2 is 1.80 bits per heavy atom. The average molecular weight is 426 g/mol. The Kier molecular flexibility index (Phi) is 8.46. The number of rotatable bonds is 8. The largest absolute Gasteiger partial charge is 0.492 e. The fourth-order valence-electron chi connectivity index (χ4n) is 2.64. The second-order valence-electron chi connectivity index (χ2n) is 6.88. The van der Waals surface area contributed by atoms with Crippen molar-refractivity contribution in [2.75, 3.05) is 34.3 Å². The smallest absolute Gasteiger partial charge is 0.416 e. The molecule has 0 aromatic heterocycles. The van der Waals surface area contributed by atoms with Crippen LogP contribution < -0.4 is 15.4 Å². The van der Waals surface area contributed by atoms with Gasteiger partial charge in [-0.05, 0) is 49.5 Å². The highest BCUT2D eigenvalue weighted by atomic mass is 19.4. The molecule has 2 N–H and O–H groups in total. The topological polar surface area (TPSA) is 48.9 Å². The zero-order valence-corrected chi connectivity index (χ0v) is 17.2. The molecule has 30 heavy (non-hydrogen) atoms. The van der Waals surface area contributed by atoms with Gasteiger partial charge in [0.2, 0.25) is 0 Å². The predicted molar refractivity (Wildman–Crippen MR) is 109 cm³/mol. The molecule has 5 nitrogen and oxygen atoms in total. The molecule has 0 aliphatic carbocycles. The van der Waals surface area contributed by atoms with Gasteiger partial charge in [-0.25, -0.2) is 4.39 Å². The maximum absolute atomic E-state index is 13.2. The van der Waals surface area contributed by atoms with Crippen molar-refractivity contribution in [3.05, 3.63) is 65.0 Å². The standard InChI is InChI=1S/C21H26F4N4O/c1-26-20(28-14-16-7-8-17(22)12-19(16)21(23,24)25)27-13-15-5-4-6-18(11-15)30-10-9-29(2)3/h4-8,11-12H,9-10,13-14H2,1-3H3,(H2,26,27,28). The molecule has 0 amide bonds. The first-order valence-electron chi connectivity index (χ1n) is 9.35. The summed E-state index contributed by atoms with van der Waals surface area (Å²) in [6.07, 6.45) is -4.64. The van der Waals surface area contributed by atoms with Crippen molar-refractivity contribution in [3.63, 3.8) is 0 Å². The van der Waals surface area contributed by atoms with Crippen LogP contribution in [0.2, 0.25) is 0 Å². The Morgan fingerprint density at radius 3 is 2.47 bits per heavy atom. The molecule has 2 aromatic rings. The number of likely N-dealkylation sites (N-methyl/N-ethyl adjacent to an activating group) is 1. The van der Waals surface area contributed by atoms with Crippen molar-refractivity contribution in [1.82, 2.24) is 15.5 Å². The first kappa shape index (κ1) is 23.5. The lowest BCUT2D eigenvalue weighted by Crippen LogP contribution is -2.36. The molecule has 0 saturated carbocycles. The van der Waals surface area contributed by atoms with E-state index in [1.807, 2.05) is 43.3 Å². The van der Waals surface area contributed by atoms with Crippen LogP contribution in [0.4, 0.5) is 17.6 Å². The number of nitrogens with one attached hydrogen (secondary N) is 2. The number of aliphatic imine (C=N–C) groups is 1. The van der Waals surface area contributed by atoms with E-state index in [2.05, 4.69) is 15.6 Å². The molecule has 0 fully saturated rings. The van der Waals surface area contributed by atoms with Crippen LogP contribution in [0, 0.1) is 5.82 Å². The van der Waals surface area contributed by atoms with Crippen LogP contribution in [0.25, 0.3) is 0 Å². The van der Waals surface area contributed by atoms with E-state index in [1.165, 1.54) is 7.05 Å². The van der Waals surface area contributed by atoms with E-state index in [9.17, 15) is 17.6 Å². The van der Waals surface area contributed by atoms with Gasteiger partial charge in [-0.3, -0.25) is 4.99 Å². The van der Waals surface area contributed by atoms with Gasteiger partial charge in [0.1, 0.15) is 18.2 Å². The summed E-state index contributed by atoms with van der Waals surface area (Å²) in [4.78, 5) is 6.04. The molecule has 0 spiro atoms. The molecular weight excluding hydrogens is 400 g/mol. The van der Waals surface area contributed by atoms with E-state index in [-0.39, 0.29) is 12.1 Å². The summed E-state index contributed by atoms with van der Waals surface area (Å²) in [5.74, 6) is 0.132. The second-order valence-corrected chi connectivity index (χ2v) is 6.88. The van der Waals surface area contributed by atoms with Crippen LogP contribution >= 0.6 is 0 Å². The SMILES string of the molecule is CN=C(NCc1cccc(OCCN(C)C)c1)NCc1ccc(F)cc1C(F)(F)F. The van der Waals surface area contributed by atoms with Crippen LogP contribution in [0.3, 0.4) is 0 Å². The summed E-state index contributed by atoms with van der Waals surface area (Å²) in [5.41, 5.74) is -0.144. The summed E-state index contributed by atoms with van der Waals surface area (Å²) >= 11 is 0. The van der Waals surface area contributed by atoms with Gasteiger partial charge in [0, 0.05) is 26.7 Å². The molecule has 0 unspecified atom stereocenters. The van der Waals surface area contributed by atoms with Gasteiger partial charge in [0.15, 0.2) is 5.96 Å². The molecule has 2 rings (SSSR count). The Morgan fingerprint density at radius 1 is 1.07 bits per heavy atom. The molecule has 0 saturated heterocycles. The maximum Gasteiger partial charge on any atom is 0.416 e. The van der Waals surface area contributed by atoms with E-state index in [1.54, 1.807) is 0 Å². The van der Waals surface area contributed by atoms with Crippen LogP contribution in [-0.4, -0.2) is 45.2 Å². The minimum Gasteiger partial charge on any atom is -0.492 e. The highest BCUT2D eigenvalue weighted by Crippen LogP contribution is 2.32. The highest BCUT2D eigenvalue weighted by molar-refractivity contribution is 5.79. The van der Waals surface area contributed by atoms with Gasteiger partial charge < -0.3 is 20.3 Å². The number of guanidine groups is 1. The fourth-order valence-corrected chi connectivity index (χ4v) is 2.64. The lowest BCUT2D eigenvalue weighted by atomic mass is 10.1. The molecule has 2 aromatic carbocycles. The van der Waals surface area contributed by atoms with Crippen molar-refractivity contribution in [1.29, 1.82) is 0 Å². The molecule has 0 radical (unpaired) electrons. The van der Waals surface area contributed by atoms with E-state index in [0.29, 0.717) is 25.2 Å². The number of hydrogen-bond acceptors (Lipinski definition) is 3. The minimum absolute atomic E-state index is 0.0665. The molecule has 9 heteroatoms. The molecule has 0 aliphatic heterocycles. The number of halogens is 4. The summed E-state index contributed by atoms with van der Waals surface area (Å²) in [6, 6.07) is 10.1.